The second-order valence-electron chi connectivity index (χ2n) is 6.91. The van der Waals surface area contributed by atoms with E-state index in [1.54, 1.807) is 35.9 Å². The van der Waals surface area contributed by atoms with Crippen molar-refractivity contribution in [2.45, 2.75) is 31.6 Å². The number of nitrogens with one attached hydrogen (secondary N) is 3. The minimum absolute atomic E-state index is 0.186. The molecule has 0 saturated carbocycles. The molecule has 0 fully saturated rings. The van der Waals surface area contributed by atoms with Crippen LogP contribution in [0.1, 0.15) is 19.7 Å². The zero-order valence-electron chi connectivity index (χ0n) is 15.5. The maximum Gasteiger partial charge on any atom is 0.405 e. The minimum atomic E-state index is -4.55. The van der Waals surface area contributed by atoms with Gasteiger partial charge < -0.3 is 16.0 Å². The first kappa shape index (κ1) is 20.5. The molecule has 3 N–H and O–H groups in total. The zero-order valence-corrected chi connectivity index (χ0v) is 15.5. The van der Waals surface area contributed by atoms with Crippen LogP contribution in [0.5, 0.6) is 0 Å². The van der Waals surface area contributed by atoms with Crippen LogP contribution in [-0.2, 0) is 4.79 Å². The van der Waals surface area contributed by atoms with Crippen molar-refractivity contribution in [1.29, 1.82) is 0 Å². The molecule has 0 spiro atoms. The monoisotopic (exact) mass is 410 g/mol. The molecule has 7 nitrogen and oxygen atoms in total. The molecule has 1 atom stereocenters. The summed E-state index contributed by atoms with van der Waals surface area (Å²) in [5, 5.41) is 7.42. The Hall–Kier alpha value is -3.24. The number of carbonyl (C=O) groups is 1. The standard InChI is InChI=1S/C18H18F4N6O/c1-17(2,16(29)26-9-18(20,21)22)28-15-11(19)8-25-14(27-15)10-3-4-12-13(7-10)24-6-5-23-12/h3-8,13,24H,9H2,1-2H3,(H,26,29)(H,25,27,28). The van der Waals surface area contributed by atoms with Crippen molar-refractivity contribution in [3.63, 3.8) is 0 Å². The van der Waals surface area contributed by atoms with Crippen LogP contribution in [0.3, 0.4) is 0 Å². The number of nitrogens with zero attached hydrogens (tertiary/aromatic N) is 3. The maximum atomic E-state index is 14.2. The van der Waals surface area contributed by atoms with Crippen molar-refractivity contribution in [3.8, 4) is 0 Å². The van der Waals surface area contributed by atoms with Crippen LogP contribution in [0.4, 0.5) is 23.4 Å². The van der Waals surface area contributed by atoms with Crippen LogP contribution in [0.25, 0.3) is 5.57 Å². The quantitative estimate of drug-likeness (QED) is 0.648. The van der Waals surface area contributed by atoms with Crippen LogP contribution in [-0.4, -0.2) is 45.9 Å². The van der Waals surface area contributed by atoms with Crippen LogP contribution >= 0.6 is 0 Å². The lowest BCUT2D eigenvalue weighted by atomic mass is 9.99. The Morgan fingerprint density at radius 1 is 1.28 bits per heavy atom. The van der Waals surface area contributed by atoms with E-state index < -0.39 is 30.0 Å². The molecule has 1 unspecified atom stereocenters. The van der Waals surface area contributed by atoms with E-state index in [9.17, 15) is 22.4 Å². The van der Waals surface area contributed by atoms with Crippen LogP contribution in [0.15, 0.2) is 41.8 Å². The summed E-state index contributed by atoms with van der Waals surface area (Å²) in [4.78, 5) is 24.4. The van der Waals surface area contributed by atoms with Gasteiger partial charge in [-0.05, 0) is 32.1 Å². The Kier molecular flexibility index (Phi) is 5.40. The molecular formula is C18H18F4N6O. The highest BCUT2D eigenvalue weighted by molar-refractivity contribution is 6.06. The summed E-state index contributed by atoms with van der Waals surface area (Å²) < 4.78 is 51.2. The molecule has 0 aromatic carbocycles. The molecule has 29 heavy (non-hydrogen) atoms. The smallest absolute Gasteiger partial charge is 0.378 e. The number of hydrogen-bond acceptors (Lipinski definition) is 6. The molecule has 1 aliphatic heterocycles. The third kappa shape index (κ3) is 4.98. The number of carbonyl (C=O) groups excluding carboxylic acids is 1. The SMILES string of the molecule is CC(C)(Nc1nc(C2=CC3NC=CN=C3C=C2)ncc1F)C(=O)NCC(F)(F)F. The van der Waals surface area contributed by atoms with Crippen molar-refractivity contribution in [1.82, 2.24) is 20.6 Å². The minimum Gasteiger partial charge on any atom is -0.378 e. The fourth-order valence-corrected chi connectivity index (χ4v) is 2.62. The first-order valence-electron chi connectivity index (χ1n) is 8.60. The average molecular weight is 410 g/mol. The molecule has 3 rings (SSSR count). The largest absolute Gasteiger partial charge is 0.405 e. The van der Waals surface area contributed by atoms with E-state index in [0.29, 0.717) is 5.57 Å². The van der Waals surface area contributed by atoms with Gasteiger partial charge in [0.2, 0.25) is 5.91 Å². The maximum absolute atomic E-state index is 14.2. The fourth-order valence-electron chi connectivity index (χ4n) is 2.62. The van der Waals surface area contributed by atoms with Crippen molar-refractivity contribution in [3.05, 3.63) is 48.5 Å². The highest BCUT2D eigenvalue weighted by Crippen LogP contribution is 2.23. The van der Waals surface area contributed by atoms with Gasteiger partial charge in [-0.3, -0.25) is 9.79 Å². The zero-order chi connectivity index (χ0) is 21.2. The highest BCUT2D eigenvalue weighted by atomic mass is 19.4. The summed E-state index contributed by atoms with van der Waals surface area (Å²) in [7, 11) is 0. The third-order valence-electron chi connectivity index (χ3n) is 4.12. The van der Waals surface area contributed by atoms with Gasteiger partial charge in [0, 0.05) is 18.0 Å². The van der Waals surface area contributed by atoms with Crippen molar-refractivity contribution < 1.29 is 22.4 Å². The fraction of sp³-hybridized carbons (Fsp3) is 0.333. The number of rotatable bonds is 5. The van der Waals surface area contributed by atoms with Gasteiger partial charge in [-0.2, -0.15) is 13.2 Å². The molecule has 0 bridgehead atoms. The van der Waals surface area contributed by atoms with Gasteiger partial charge in [-0.15, -0.1) is 0 Å². The predicted octanol–water partition coefficient (Wildman–Crippen LogP) is 2.32. The lowest BCUT2D eigenvalue weighted by Gasteiger charge is -2.26. The van der Waals surface area contributed by atoms with Crippen LogP contribution < -0.4 is 16.0 Å². The van der Waals surface area contributed by atoms with Gasteiger partial charge >= 0.3 is 6.18 Å². The molecule has 1 aromatic heterocycles. The van der Waals surface area contributed by atoms with Gasteiger partial charge in [0.1, 0.15) is 12.1 Å². The molecule has 0 saturated heterocycles. The summed E-state index contributed by atoms with van der Waals surface area (Å²) in [6.45, 7) is 1.15. The Morgan fingerprint density at radius 3 is 2.76 bits per heavy atom. The number of alkyl halides is 3. The van der Waals surface area contributed by atoms with Gasteiger partial charge in [0.05, 0.1) is 18.0 Å². The van der Waals surface area contributed by atoms with E-state index in [4.69, 9.17) is 0 Å². The van der Waals surface area contributed by atoms with Gasteiger partial charge in [-0.1, -0.05) is 0 Å². The number of aliphatic imine (C=N–C) groups is 1. The van der Waals surface area contributed by atoms with Crippen molar-refractivity contribution in [2.24, 2.45) is 4.99 Å². The lowest BCUT2D eigenvalue weighted by Crippen LogP contribution is -2.50. The van der Waals surface area contributed by atoms with E-state index >= 15 is 0 Å². The Bertz CT molecular complexity index is 933. The van der Waals surface area contributed by atoms with E-state index in [1.807, 2.05) is 0 Å². The molecule has 11 heteroatoms. The molecular weight excluding hydrogens is 392 g/mol. The molecule has 1 aliphatic carbocycles. The number of fused-ring (bicyclic) bond motifs is 1. The first-order valence-corrected chi connectivity index (χ1v) is 8.60. The number of anilines is 1. The van der Waals surface area contributed by atoms with Gasteiger partial charge in [-0.25, -0.2) is 14.4 Å². The summed E-state index contributed by atoms with van der Waals surface area (Å²) in [5.41, 5.74) is -0.164. The second kappa shape index (κ2) is 7.64. The number of amides is 1. The number of halogens is 4. The topological polar surface area (TPSA) is 91.3 Å². The predicted molar refractivity (Wildman–Crippen MR) is 99.4 cm³/mol. The van der Waals surface area contributed by atoms with E-state index in [1.165, 1.54) is 13.8 Å². The Morgan fingerprint density at radius 2 is 2.03 bits per heavy atom. The van der Waals surface area contributed by atoms with Crippen LogP contribution in [0.2, 0.25) is 0 Å². The summed E-state index contributed by atoms with van der Waals surface area (Å²) in [6.07, 6.45) is 4.98. The van der Waals surface area contributed by atoms with Gasteiger partial charge in [0.15, 0.2) is 17.5 Å². The van der Waals surface area contributed by atoms with E-state index in [0.717, 1.165) is 11.9 Å². The number of aromatic nitrogens is 2. The molecule has 2 heterocycles. The lowest BCUT2D eigenvalue weighted by molar-refractivity contribution is -0.140. The summed E-state index contributed by atoms with van der Waals surface area (Å²) in [6, 6.07) is -0.186. The van der Waals surface area contributed by atoms with E-state index in [-0.39, 0.29) is 17.7 Å². The third-order valence-corrected chi connectivity index (χ3v) is 4.12. The van der Waals surface area contributed by atoms with Crippen molar-refractivity contribution in [2.75, 3.05) is 11.9 Å². The number of hydrogen-bond donors (Lipinski definition) is 3. The summed E-state index contributed by atoms with van der Waals surface area (Å²) in [5.74, 6) is -1.91. The Labute approximate surface area is 163 Å². The molecule has 154 valence electrons. The van der Waals surface area contributed by atoms with Crippen molar-refractivity contribution >= 4 is 23.0 Å². The highest BCUT2D eigenvalue weighted by Gasteiger charge is 2.34. The molecule has 2 aliphatic rings. The molecule has 1 amide bonds. The molecule has 1 aromatic rings. The summed E-state index contributed by atoms with van der Waals surface area (Å²) >= 11 is 0. The van der Waals surface area contributed by atoms with Gasteiger partial charge in [0.25, 0.3) is 0 Å². The second-order valence-corrected chi connectivity index (χ2v) is 6.91. The normalized spacial score (nSPS) is 18.3. The van der Waals surface area contributed by atoms with Crippen LogP contribution in [0, 0.1) is 5.82 Å². The first-order chi connectivity index (χ1) is 13.5. The molecule has 0 radical (unpaired) electrons. The Balaban J connectivity index is 1.78. The number of allylic oxidation sites excluding steroid dienone is 2. The van der Waals surface area contributed by atoms with E-state index in [2.05, 4.69) is 25.6 Å². The average Bonchev–Trinajstić information content (AvgIpc) is 2.66.